The molecule has 1 aromatic heterocycles. The van der Waals surface area contributed by atoms with Gasteiger partial charge in [-0.25, -0.2) is 17.2 Å². The molecule has 0 saturated heterocycles. The predicted molar refractivity (Wildman–Crippen MR) is 119 cm³/mol. The first kappa shape index (κ1) is 23.2. The molecule has 2 unspecified atom stereocenters. The van der Waals surface area contributed by atoms with Crippen LogP contribution < -0.4 is 15.2 Å². The molecule has 11 heteroatoms. The SMILES string of the molecule is NC1CCC=C(c2ccc(F)cc2)C1COc1cc(F)c(S(=O)(=O)Nc2ccon2)cc1Cl. The summed E-state index contributed by atoms with van der Waals surface area (Å²) in [5.41, 5.74) is 8.03. The van der Waals surface area contributed by atoms with Gasteiger partial charge in [-0.1, -0.05) is 35.0 Å². The van der Waals surface area contributed by atoms with Crippen LogP contribution in [0.2, 0.25) is 5.02 Å². The molecule has 1 aliphatic carbocycles. The molecular weight excluding hydrogens is 476 g/mol. The number of nitrogens with zero attached hydrogens (tertiary/aromatic N) is 1. The van der Waals surface area contributed by atoms with Crippen molar-refractivity contribution in [3.63, 3.8) is 0 Å². The number of allylic oxidation sites excluding steroid dienone is 1. The normalized spacial score (nSPS) is 18.6. The summed E-state index contributed by atoms with van der Waals surface area (Å²) in [5.74, 6) is -1.76. The van der Waals surface area contributed by atoms with Gasteiger partial charge in [-0.3, -0.25) is 4.72 Å². The Morgan fingerprint density at radius 1 is 1.21 bits per heavy atom. The van der Waals surface area contributed by atoms with Gasteiger partial charge in [0.2, 0.25) is 0 Å². The molecule has 0 bridgehead atoms. The zero-order valence-corrected chi connectivity index (χ0v) is 18.7. The molecule has 1 aliphatic rings. The number of benzene rings is 2. The number of nitrogens with two attached hydrogens (primary N) is 1. The maximum absolute atomic E-state index is 14.7. The standard InChI is InChI=1S/C22H20ClF2N3O4S/c23-17-10-21(33(29,30)28-22-8-9-32-27-22)18(25)11-20(17)31-12-16-15(2-1-3-19(16)26)13-4-6-14(24)7-5-13/h2,4-11,16,19H,1,3,12,26H2,(H,27,28). The molecule has 0 saturated carbocycles. The van der Waals surface area contributed by atoms with E-state index in [4.69, 9.17) is 22.1 Å². The average molecular weight is 496 g/mol. The van der Waals surface area contributed by atoms with E-state index in [1.807, 2.05) is 6.08 Å². The highest BCUT2D eigenvalue weighted by molar-refractivity contribution is 7.92. The Morgan fingerprint density at radius 2 is 1.97 bits per heavy atom. The molecule has 7 nitrogen and oxygen atoms in total. The quantitative estimate of drug-likeness (QED) is 0.495. The highest BCUT2D eigenvalue weighted by Gasteiger charge is 2.28. The Labute approximate surface area is 194 Å². The van der Waals surface area contributed by atoms with Crippen LogP contribution in [0.4, 0.5) is 14.6 Å². The molecule has 1 heterocycles. The second-order valence-corrected chi connectivity index (χ2v) is 9.59. The molecule has 0 aliphatic heterocycles. The fourth-order valence-electron chi connectivity index (χ4n) is 3.67. The summed E-state index contributed by atoms with van der Waals surface area (Å²) < 4.78 is 65.4. The van der Waals surface area contributed by atoms with Crippen LogP contribution in [0.5, 0.6) is 5.75 Å². The van der Waals surface area contributed by atoms with Crippen molar-refractivity contribution >= 4 is 33.0 Å². The summed E-state index contributed by atoms with van der Waals surface area (Å²) in [6.45, 7) is 0.0762. The second-order valence-electron chi connectivity index (χ2n) is 7.53. The molecule has 2 atom stereocenters. The van der Waals surface area contributed by atoms with E-state index in [9.17, 15) is 17.2 Å². The Balaban J connectivity index is 1.54. The molecule has 33 heavy (non-hydrogen) atoms. The van der Waals surface area contributed by atoms with Crippen molar-refractivity contribution in [3.8, 4) is 5.75 Å². The van der Waals surface area contributed by atoms with E-state index in [-0.39, 0.29) is 41.0 Å². The van der Waals surface area contributed by atoms with Gasteiger partial charge in [-0.05, 0) is 42.2 Å². The van der Waals surface area contributed by atoms with Gasteiger partial charge in [0.05, 0.1) is 11.6 Å². The zero-order chi connectivity index (χ0) is 23.6. The minimum atomic E-state index is -4.29. The van der Waals surface area contributed by atoms with Gasteiger partial charge >= 0.3 is 0 Å². The molecule has 0 spiro atoms. The van der Waals surface area contributed by atoms with Crippen LogP contribution in [-0.4, -0.2) is 26.2 Å². The second kappa shape index (κ2) is 9.50. The lowest BCUT2D eigenvalue weighted by molar-refractivity contribution is 0.252. The molecule has 0 amide bonds. The summed E-state index contributed by atoms with van der Waals surface area (Å²) in [6.07, 6.45) is 4.69. The van der Waals surface area contributed by atoms with E-state index in [0.29, 0.717) is 0 Å². The molecule has 174 valence electrons. The van der Waals surface area contributed by atoms with E-state index >= 15 is 0 Å². The Hall–Kier alpha value is -2.95. The summed E-state index contributed by atoms with van der Waals surface area (Å²) >= 11 is 6.21. The largest absolute Gasteiger partial charge is 0.491 e. The lowest BCUT2D eigenvalue weighted by Crippen LogP contribution is -2.36. The van der Waals surface area contributed by atoms with E-state index in [1.54, 1.807) is 12.1 Å². The Morgan fingerprint density at radius 3 is 2.67 bits per heavy atom. The first-order valence-corrected chi connectivity index (χ1v) is 11.9. The highest BCUT2D eigenvalue weighted by Crippen LogP contribution is 2.35. The van der Waals surface area contributed by atoms with Crippen molar-refractivity contribution in [2.24, 2.45) is 11.7 Å². The molecular formula is C22H20ClF2N3O4S. The minimum Gasteiger partial charge on any atom is -0.491 e. The molecule has 2 aromatic carbocycles. The third-order valence-electron chi connectivity index (χ3n) is 5.33. The van der Waals surface area contributed by atoms with E-state index < -0.39 is 20.7 Å². The molecule has 0 radical (unpaired) electrons. The number of anilines is 1. The number of hydrogen-bond acceptors (Lipinski definition) is 6. The molecule has 0 fully saturated rings. The van der Waals surface area contributed by atoms with Crippen LogP contribution in [0.15, 0.2) is 64.2 Å². The van der Waals surface area contributed by atoms with Crippen molar-refractivity contribution in [2.75, 3.05) is 11.3 Å². The van der Waals surface area contributed by atoms with Gasteiger partial charge < -0.3 is 15.0 Å². The summed E-state index contributed by atoms with van der Waals surface area (Å²) in [4.78, 5) is -0.663. The van der Waals surface area contributed by atoms with Crippen molar-refractivity contribution in [2.45, 2.75) is 23.8 Å². The average Bonchev–Trinajstić information content (AvgIpc) is 3.27. The van der Waals surface area contributed by atoms with Crippen LogP contribution in [0.25, 0.3) is 5.57 Å². The van der Waals surface area contributed by atoms with Crippen molar-refractivity contribution in [3.05, 3.63) is 77.0 Å². The first-order chi connectivity index (χ1) is 15.7. The van der Waals surface area contributed by atoms with Crippen molar-refractivity contribution < 1.29 is 26.5 Å². The number of rotatable bonds is 7. The maximum Gasteiger partial charge on any atom is 0.266 e. The fourth-order valence-corrected chi connectivity index (χ4v) is 5.03. The topological polar surface area (TPSA) is 107 Å². The number of halogens is 3. The molecule has 4 rings (SSSR count). The van der Waals surface area contributed by atoms with Crippen LogP contribution in [0.3, 0.4) is 0 Å². The van der Waals surface area contributed by atoms with Crippen molar-refractivity contribution in [1.82, 2.24) is 5.16 Å². The number of aromatic nitrogens is 1. The van der Waals surface area contributed by atoms with Crippen LogP contribution in [0.1, 0.15) is 18.4 Å². The zero-order valence-electron chi connectivity index (χ0n) is 17.2. The van der Waals surface area contributed by atoms with Gasteiger partial charge in [0.1, 0.15) is 28.5 Å². The number of hydrogen-bond donors (Lipinski definition) is 2. The molecule has 3 aromatic rings. The van der Waals surface area contributed by atoms with Gasteiger partial charge in [0.15, 0.2) is 5.82 Å². The number of ether oxygens (including phenoxy) is 1. The number of nitrogens with one attached hydrogen (secondary N) is 1. The van der Waals surface area contributed by atoms with Gasteiger partial charge in [0, 0.05) is 24.1 Å². The van der Waals surface area contributed by atoms with Crippen LogP contribution >= 0.6 is 11.6 Å². The van der Waals surface area contributed by atoms with E-state index in [2.05, 4.69) is 14.4 Å². The van der Waals surface area contributed by atoms with Crippen molar-refractivity contribution in [1.29, 1.82) is 0 Å². The predicted octanol–water partition coefficient (Wildman–Crippen LogP) is 4.61. The lowest BCUT2D eigenvalue weighted by atomic mass is 9.81. The third kappa shape index (κ3) is 5.18. The smallest absolute Gasteiger partial charge is 0.266 e. The minimum absolute atomic E-state index is 0.0224. The number of sulfonamides is 1. The highest BCUT2D eigenvalue weighted by atomic mass is 35.5. The summed E-state index contributed by atoms with van der Waals surface area (Å²) in [7, 11) is -4.29. The van der Waals surface area contributed by atoms with Gasteiger partial charge in [0.25, 0.3) is 10.0 Å². The Kier molecular flexibility index (Phi) is 6.68. The lowest BCUT2D eigenvalue weighted by Gasteiger charge is -2.30. The van der Waals surface area contributed by atoms with Crippen LogP contribution in [-0.2, 0) is 10.0 Å². The molecule has 3 N–H and O–H groups in total. The third-order valence-corrected chi connectivity index (χ3v) is 6.99. The van der Waals surface area contributed by atoms with E-state index in [0.717, 1.165) is 36.1 Å². The van der Waals surface area contributed by atoms with Crippen LogP contribution in [0, 0.1) is 17.6 Å². The van der Waals surface area contributed by atoms with Gasteiger partial charge in [-0.15, -0.1) is 0 Å². The Bertz CT molecular complexity index is 1270. The summed E-state index contributed by atoms with van der Waals surface area (Å²) in [6, 6.07) is 8.99. The van der Waals surface area contributed by atoms with Gasteiger partial charge in [-0.2, -0.15) is 0 Å². The monoisotopic (exact) mass is 495 g/mol. The van der Waals surface area contributed by atoms with E-state index in [1.165, 1.54) is 24.5 Å². The summed E-state index contributed by atoms with van der Waals surface area (Å²) in [5, 5.41) is 3.35. The first-order valence-electron chi connectivity index (χ1n) is 10.0. The maximum atomic E-state index is 14.7. The fraction of sp³-hybridized carbons (Fsp3) is 0.227.